The summed E-state index contributed by atoms with van der Waals surface area (Å²) in [5, 5.41) is 9.01. The van der Waals surface area contributed by atoms with Crippen LogP contribution in [0.1, 0.15) is 49.7 Å². The second-order valence-corrected chi connectivity index (χ2v) is 7.49. The van der Waals surface area contributed by atoms with Gasteiger partial charge in [0.2, 0.25) is 0 Å². The quantitative estimate of drug-likeness (QED) is 0.841. The van der Waals surface area contributed by atoms with Crippen LogP contribution >= 0.6 is 0 Å². The van der Waals surface area contributed by atoms with Crippen LogP contribution in [0.3, 0.4) is 0 Å². The van der Waals surface area contributed by atoms with Gasteiger partial charge in [0.1, 0.15) is 23.3 Å². The van der Waals surface area contributed by atoms with Crippen LogP contribution in [0.25, 0.3) is 0 Å². The maximum atomic E-state index is 13.1. The van der Waals surface area contributed by atoms with E-state index in [0.29, 0.717) is 5.92 Å². The van der Waals surface area contributed by atoms with E-state index in [-0.39, 0.29) is 5.82 Å². The molecule has 0 unspecified atom stereocenters. The number of aromatic nitrogens is 4. The van der Waals surface area contributed by atoms with Crippen LogP contribution in [0, 0.1) is 5.82 Å². The number of halogens is 1. The molecule has 0 aromatic carbocycles. The van der Waals surface area contributed by atoms with Crippen molar-refractivity contribution in [1.29, 1.82) is 0 Å². The second-order valence-electron chi connectivity index (χ2n) is 7.49. The van der Waals surface area contributed by atoms with Crippen molar-refractivity contribution in [3.63, 3.8) is 0 Å². The molecule has 2 aromatic rings. The molecular formula is C19H27FN6. The predicted octanol–water partition coefficient (Wildman–Crippen LogP) is 2.72. The van der Waals surface area contributed by atoms with Gasteiger partial charge in [-0.25, -0.2) is 9.37 Å². The Bertz CT molecular complexity index is 722. The zero-order chi connectivity index (χ0) is 17.9. The van der Waals surface area contributed by atoms with Gasteiger partial charge in [0, 0.05) is 26.1 Å². The van der Waals surface area contributed by atoms with Crippen molar-refractivity contribution in [2.75, 3.05) is 31.1 Å². The van der Waals surface area contributed by atoms with Gasteiger partial charge in [0.25, 0.3) is 0 Å². The molecule has 1 atom stereocenters. The molecule has 26 heavy (non-hydrogen) atoms. The van der Waals surface area contributed by atoms with Gasteiger partial charge in [-0.2, -0.15) is 0 Å². The lowest BCUT2D eigenvalue weighted by Gasteiger charge is -2.33. The summed E-state index contributed by atoms with van der Waals surface area (Å²) in [5.74, 6) is 3.00. The number of likely N-dealkylation sites (tertiary alicyclic amines) is 1. The topological polar surface area (TPSA) is 50.1 Å². The standard InChI is InChI=1S/C19H27FN6/c1-24-18(14-25-9-3-2-4-10-25)22-23-19(24)15-6-5-11-26(13-15)17-8-7-16(20)12-21-17/h7-8,12,15H,2-6,9-11,13-14H2,1H3/t15-/m0/s1. The summed E-state index contributed by atoms with van der Waals surface area (Å²) in [6.07, 6.45) is 7.39. The molecule has 4 heterocycles. The Morgan fingerprint density at radius 2 is 1.92 bits per heavy atom. The van der Waals surface area contributed by atoms with Crippen molar-refractivity contribution in [2.45, 2.75) is 44.6 Å². The van der Waals surface area contributed by atoms with Crippen molar-refractivity contribution in [3.8, 4) is 0 Å². The zero-order valence-electron chi connectivity index (χ0n) is 15.4. The molecule has 4 rings (SSSR count). The molecule has 2 saturated heterocycles. The van der Waals surface area contributed by atoms with Gasteiger partial charge in [-0.1, -0.05) is 6.42 Å². The van der Waals surface area contributed by atoms with Gasteiger partial charge in [-0.05, 0) is 50.9 Å². The molecule has 0 saturated carbocycles. The highest BCUT2D eigenvalue weighted by Crippen LogP contribution is 2.28. The van der Waals surface area contributed by atoms with Crippen LogP contribution in [0.2, 0.25) is 0 Å². The zero-order valence-corrected chi connectivity index (χ0v) is 15.4. The first-order valence-corrected chi connectivity index (χ1v) is 9.68. The Kier molecular flexibility index (Phi) is 5.15. The number of rotatable bonds is 4. The van der Waals surface area contributed by atoms with E-state index < -0.39 is 0 Å². The van der Waals surface area contributed by atoms with Crippen molar-refractivity contribution in [1.82, 2.24) is 24.6 Å². The van der Waals surface area contributed by atoms with E-state index >= 15 is 0 Å². The first-order chi connectivity index (χ1) is 12.7. The summed E-state index contributed by atoms with van der Waals surface area (Å²) in [7, 11) is 2.09. The van der Waals surface area contributed by atoms with Crippen molar-refractivity contribution < 1.29 is 4.39 Å². The monoisotopic (exact) mass is 358 g/mol. The van der Waals surface area contributed by atoms with Crippen molar-refractivity contribution >= 4 is 5.82 Å². The summed E-state index contributed by atoms with van der Waals surface area (Å²) >= 11 is 0. The Hall–Kier alpha value is -2.02. The molecular weight excluding hydrogens is 331 g/mol. The van der Waals surface area contributed by atoms with E-state index in [4.69, 9.17) is 0 Å². The highest BCUT2D eigenvalue weighted by molar-refractivity contribution is 5.39. The fourth-order valence-electron chi connectivity index (χ4n) is 4.14. The number of piperidine rings is 2. The van der Waals surface area contributed by atoms with E-state index in [2.05, 4.69) is 36.6 Å². The van der Waals surface area contributed by atoms with E-state index in [1.54, 1.807) is 6.07 Å². The van der Waals surface area contributed by atoms with Gasteiger partial charge in [-0.15, -0.1) is 10.2 Å². The number of anilines is 1. The molecule has 6 nitrogen and oxygen atoms in total. The average molecular weight is 358 g/mol. The van der Waals surface area contributed by atoms with E-state index in [1.165, 1.54) is 31.5 Å². The van der Waals surface area contributed by atoms with Crippen molar-refractivity contribution in [3.05, 3.63) is 35.8 Å². The van der Waals surface area contributed by atoms with E-state index in [0.717, 1.165) is 63.0 Å². The molecule has 0 radical (unpaired) electrons. The number of nitrogens with zero attached hydrogens (tertiary/aromatic N) is 6. The lowest BCUT2D eigenvalue weighted by atomic mass is 9.97. The highest BCUT2D eigenvalue weighted by Gasteiger charge is 2.27. The molecule has 2 aliphatic heterocycles. The predicted molar refractivity (Wildman–Crippen MR) is 98.5 cm³/mol. The largest absolute Gasteiger partial charge is 0.356 e. The smallest absolute Gasteiger partial charge is 0.146 e. The Morgan fingerprint density at radius 3 is 2.69 bits per heavy atom. The third-order valence-electron chi connectivity index (χ3n) is 5.63. The van der Waals surface area contributed by atoms with Gasteiger partial charge in [0.15, 0.2) is 0 Å². The normalized spacial score (nSPS) is 21.9. The lowest BCUT2D eigenvalue weighted by Crippen LogP contribution is -2.36. The minimum Gasteiger partial charge on any atom is -0.356 e. The first-order valence-electron chi connectivity index (χ1n) is 9.68. The third-order valence-corrected chi connectivity index (χ3v) is 5.63. The molecule has 0 amide bonds. The minimum atomic E-state index is -0.294. The second kappa shape index (κ2) is 7.70. The van der Waals surface area contributed by atoms with Crippen LogP contribution in [-0.2, 0) is 13.6 Å². The van der Waals surface area contributed by atoms with Gasteiger partial charge >= 0.3 is 0 Å². The Morgan fingerprint density at radius 1 is 1.08 bits per heavy atom. The summed E-state index contributed by atoms with van der Waals surface area (Å²) in [6.45, 7) is 5.02. The molecule has 140 valence electrons. The molecule has 0 N–H and O–H groups in total. The van der Waals surface area contributed by atoms with Gasteiger partial charge in [0.05, 0.1) is 12.7 Å². The molecule has 7 heteroatoms. The Balaban J connectivity index is 1.45. The summed E-state index contributed by atoms with van der Waals surface area (Å²) in [5.41, 5.74) is 0. The number of hydrogen-bond acceptors (Lipinski definition) is 5. The van der Waals surface area contributed by atoms with Gasteiger partial charge < -0.3 is 9.47 Å². The summed E-state index contributed by atoms with van der Waals surface area (Å²) in [6, 6.07) is 3.24. The minimum absolute atomic E-state index is 0.294. The Labute approximate surface area is 154 Å². The SMILES string of the molecule is Cn1c(CN2CCCCC2)nnc1[C@H]1CCCN(c2ccc(F)cn2)C1. The molecule has 0 spiro atoms. The summed E-state index contributed by atoms with van der Waals surface area (Å²) < 4.78 is 15.3. The van der Waals surface area contributed by atoms with E-state index in [9.17, 15) is 4.39 Å². The lowest BCUT2D eigenvalue weighted by molar-refractivity contribution is 0.213. The molecule has 0 aliphatic carbocycles. The molecule has 0 bridgehead atoms. The van der Waals surface area contributed by atoms with Crippen LogP contribution in [0.5, 0.6) is 0 Å². The molecule has 2 fully saturated rings. The van der Waals surface area contributed by atoms with E-state index in [1.807, 2.05) is 0 Å². The maximum absolute atomic E-state index is 13.1. The number of pyridine rings is 1. The third kappa shape index (κ3) is 3.72. The van der Waals surface area contributed by atoms with Gasteiger partial charge in [-0.3, -0.25) is 4.90 Å². The maximum Gasteiger partial charge on any atom is 0.146 e. The van der Waals surface area contributed by atoms with Crippen molar-refractivity contribution in [2.24, 2.45) is 7.05 Å². The van der Waals surface area contributed by atoms with Crippen LogP contribution in [-0.4, -0.2) is 50.8 Å². The molecule has 2 aliphatic rings. The highest BCUT2D eigenvalue weighted by atomic mass is 19.1. The average Bonchev–Trinajstić information content (AvgIpc) is 3.04. The van der Waals surface area contributed by atoms with Crippen LogP contribution in [0.4, 0.5) is 10.2 Å². The summed E-state index contributed by atoms with van der Waals surface area (Å²) in [4.78, 5) is 8.94. The van der Waals surface area contributed by atoms with Crippen LogP contribution < -0.4 is 4.90 Å². The molecule has 2 aromatic heterocycles. The fourth-order valence-corrected chi connectivity index (χ4v) is 4.14. The number of hydrogen-bond donors (Lipinski definition) is 0. The fraction of sp³-hybridized carbons (Fsp3) is 0.632. The first kappa shape index (κ1) is 17.4. The van der Waals surface area contributed by atoms with Crippen LogP contribution in [0.15, 0.2) is 18.3 Å².